The SMILES string of the molecule is CCOC12CCC1COC2(C)CO. The lowest BCUT2D eigenvalue weighted by molar-refractivity contribution is -0.201. The minimum Gasteiger partial charge on any atom is -0.393 e. The van der Waals surface area contributed by atoms with Gasteiger partial charge in [-0.25, -0.2) is 0 Å². The molecule has 2 rings (SSSR count). The molecular weight excluding hydrogens is 168 g/mol. The fourth-order valence-electron chi connectivity index (χ4n) is 2.71. The number of aliphatic hydroxyl groups is 1. The summed E-state index contributed by atoms with van der Waals surface area (Å²) in [6.07, 6.45) is 2.21. The summed E-state index contributed by atoms with van der Waals surface area (Å²) >= 11 is 0. The molecule has 2 fully saturated rings. The number of fused-ring (bicyclic) bond motifs is 1. The van der Waals surface area contributed by atoms with Crippen LogP contribution in [-0.2, 0) is 9.47 Å². The van der Waals surface area contributed by atoms with E-state index in [-0.39, 0.29) is 12.2 Å². The third-order valence-electron chi connectivity index (χ3n) is 3.73. The molecule has 1 saturated carbocycles. The second-order valence-corrected chi connectivity index (χ2v) is 4.26. The quantitative estimate of drug-likeness (QED) is 0.713. The molecule has 2 aliphatic rings. The molecule has 1 N–H and O–H groups in total. The smallest absolute Gasteiger partial charge is 0.117 e. The topological polar surface area (TPSA) is 38.7 Å². The third-order valence-corrected chi connectivity index (χ3v) is 3.73. The van der Waals surface area contributed by atoms with Crippen LogP contribution in [0.5, 0.6) is 0 Å². The molecule has 0 bridgehead atoms. The molecule has 76 valence electrons. The molecule has 0 aromatic heterocycles. The molecular formula is C10H18O3. The summed E-state index contributed by atoms with van der Waals surface area (Å²) < 4.78 is 11.5. The number of hydrogen-bond donors (Lipinski definition) is 1. The van der Waals surface area contributed by atoms with Gasteiger partial charge in [-0.1, -0.05) is 0 Å². The van der Waals surface area contributed by atoms with Crippen molar-refractivity contribution in [3.05, 3.63) is 0 Å². The van der Waals surface area contributed by atoms with Gasteiger partial charge in [-0.05, 0) is 26.7 Å². The molecule has 0 spiro atoms. The van der Waals surface area contributed by atoms with Gasteiger partial charge in [0.25, 0.3) is 0 Å². The fourth-order valence-corrected chi connectivity index (χ4v) is 2.71. The van der Waals surface area contributed by atoms with E-state index in [1.807, 2.05) is 13.8 Å². The second kappa shape index (κ2) is 2.94. The Morgan fingerprint density at radius 3 is 2.85 bits per heavy atom. The Morgan fingerprint density at radius 1 is 1.62 bits per heavy atom. The van der Waals surface area contributed by atoms with Gasteiger partial charge < -0.3 is 14.6 Å². The lowest BCUT2D eigenvalue weighted by Crippen LogP contribution is -2.61. The van der Waals surface area contributed by atoms with Crippen molar-refractivity contribution in [3.63, 3.8) is 0 Å². The number of aliphatic hydroxyl groups excluding tert-OH is 1. The Morgan fingerprint density at radius 2 is 2.38 bits per heavy atom. The molecule has 0 amide bonds. The summed E-state index contributed by atoms with van der Waals surface area (Å²) in [6, 6.07) is 0. The Hall–Kier alpha value is -0.120. The Kier molecular flexibility index (Phi) is 2.13. The maximum absolute atomic E-state index is 9.33. The van der Waals surface area contributed by atoms with Crippen LogP contribution in [0.3, 0.4) is 0 Å². The van der Waals surface area contributed by atoms with Gasteiger partial charge in [-0.15, -0.1) is 0 Å². The molecule has 0 radical (unpaired) electrons. The van der Waals surface area contributed by atoms with Gasteiger partial charge in [0.05, 0.1) is 13.2 Å². The maximum atomic E-state index is 9.33. The number of hydrogen-bond acceptors (Lipinski definition) is 3. The Bertz CT molecular complexity index is 206. The number of rotatable bonds is 3. The summed E-state index contributed by atoms with van der Waals surface area (Å²) in [6.45, 7) is 5.47. The molecule has 0 aromatic rings. The predicted octanol–water partition coefficient (Wildman–Crippen LogP) is 0.953. The van der Waals surface area contributed by atoms with Gasteiger partial charge in [0.2, 0.25) is 0 Å². The molecule has 1 aliphatic heterocycles. The van der Waals surface area contributed by atoms with Crippen molar-refractivity contribution in [1.82, 2.24) is 0 Å². The predicted molar refractivity (Wildman–Crippen MR) is 48.5 cm³/mol. The van der Waals surface area contributed by atoms with Crippen LogP contribution >= 0.6 is 0 Å². The van der Waals surface area contributed by atoms with Crippen LogP contribution in [0.15, 0.2) is 0 Å². The minimum absolute atomic E-state index is 0.0590. The highest BCUT2D eigenvalue weighted by Crippen LogP contribution is 2.55. The van der Waals surface area contributed by atoms with Crippen molar-refractivity contribution in [2.24, 2.45) is 5.92 Å². The number of ether oxygens (including phenoxy) is 2. The molecule has 3 atom stereocenters. The minimum atomic E-state index is -0.466. The first-order chi connectivity index (χ1) is 6.18. The van der Waals surface area contributed by atoms with Crippen LogP contribution in [0, 0.1) is 5.92 Å². The fraction of sp³-hybridized carbons (Fsp3) is 1.00. The van der Waals surface area contributed by atoms with Crippen molar-refractivity contribution in [2.75, 3.05) is 19.8 Å². The first-order valence-electron chi connectivity index (χ1n) is 5.07. The Labute approximate surface area is 79.0 Å². The van der Waals surface area contributed by atoms with E-state index >= 15 is 0 Å². The van der Waals surface area contributed by atoms with Crippen LogP contribution in [0.2, 0.25) is 0 Å². The second-order valence-electron chi connectivity index (χ2n) is 4.26. The van der Waals surface area contributed by atoms with E-state index < -0.39 is 5.60 Å². The van der Waals surface area contributed by atoms with Crippen molar-refractivity contribution < 1.29 is 14.6 Å². The summed E-state index contributed by atoms with van der Waals surface area (Å²) in [5, 5.41) is 9.33. The van der Waals surface area contributed by atoms with E-state index in [4.69, 9.17) is 9.47 Å². The van der Waals surface area contributed by atoms with Crippen molar-refractivity contribution in [3.8, 4) is 0 Å². The largest absolute Gasteiger partial charge is 0.393 e. The van der Waals surface area contributed by atoms with E-state index in [1.165, 1.54) is 6.42 Å². The lowest BCUT2D eigenvalue weighted by Gasteiger charge is -2.50. The first-order valence-corrected chi connectivity index (χ1v) is 5.07. The monoisotopic (exact) mass is 186 g/mol. The van der Waals surface area contributed by atoms with E-state index in [0.29, 0.717) is 12.5 Å². The summed E-state index contributed by atoms with van der Waals surface area (Å²) in [5.74, 6) is 0.504. The highest BCUT2D eigenvalue weighted by Gasteiger charge is 2.64. The van der Waals surface area contributed by atoms with E-state index in [9.17, 15) is 5.11 Å². The van der Waals surface area contributed by atoms with Gasteiger partial charge in [-0.2, -0.15) is 0 Å². The summed E-state index contributed by atoms with van der Waals surface area (Å²) in [4.78, 5) is 0. The average Bonchev–Trinajstić information content (AvgIpc) is 2.28. The van der Waals surface area contributed by atoms with Gasteiger partial charge in [0.15, 0.2) is 0 Å². The Balaban J connectivity index is 2.21. The molecule has 3 nitrogen and oxygen atoms in total. The molecule has 0 aromatic carbocycles. The van der Waals surface area contributed by atoms with Gasteiger partial charge >= 0.3 is 0 Å². The van der Waals surface area contributed by atoms with Crippen LogP contribution < -0.4 is 0 Å². The van der Waals surface area contributed by atoms with Crippen LogP contribution in [0.4, 0.5) is 0 Å². The van der Waals surface area contributed by atoms with Crippen LogP contribution in [-0.4, -0.2) is 36.1 Å². The third kappa shape index (κ3) is 1.01. The van der Waals surface area contributed by atoms with Gasteiger partial charge in [-0.3, -0.25) is 0 Å². The normalized spacial score (nSPS) is 48.7. The highest BCUT2D eigenvalue weighted by molar-refractivity contribution is 5.14. The van der Waals surface area contributed by atoms with Crippen molar-refractivity contribution in [1.29, 1.82) is 0 Å². The molecule has 3 unspecified atom stereocenters. The zero-order chi connectivity index (χ0) is 9.53. The van der Waals surface area contributed by atoms with Crippen molar-refractivity contribution in [2.45, 2.75) is 37.9 Å². The van der Waals surface area contributed by atoms with Crippen LogP contribution in [0.25, 0.3) is 0 Å². The first kappa shape index (κ1) is 9.44. The maximum Gasteiger partial charge on any atom is 0.117 e. The molecule has 1 heterocycles. The van der Waals surface area contributed by atoms with Crippen LogP contribution in [0.1, 0.15) is 26.7 Å². The molecule has 3 heteroatoms. The molecule has 1 aliphatic carbocycles. The zero-order valence-electron chi connectivity index (χ0n) is 8.38. The van der Waals surface area contributed by atoms with E-state index in [1.54, 1.807) is 0 Å². The van der Waals surface area contributed by atoms with Gasteiger partial charge in [0, 0.05) is 12.5 Å². The van der Waals surface area contributed by atoms with E-state index in [2.05, 4.69) is 0 Å². The lowest BCUT2D eigenvalue weighted by atomic mass is 9.63. The van der Waals surface area contributed by atoms with Gasteiger partial charge in [0.1, 0.15) is 11.2 Å². The zero-order valence-corrected chi connectivity index (χ0v) is 8.38. The molecule has 13 heavy (non-hydrogen) atoms. The van der Waals surface area contributed by atoms with E-state index in [0.717, 1.165) is 13.0 Å². The summed E-state index contributed by atoms with van der Waals surface area (Å²) in [5.41, 5.74) is -0.650. The highest BCUT2D eigenvalue weighted by atomic mass is 16.6. The van der Waals surface area contributed by atoms with Crippen molar-refractivity contribution >= 4 is 0 Å². The molecule has 1 saturated heterocycles. The average molecular weight is 186 g/mol. The summed E-state index contributed by atoms with van der Waals surface area (Å²) in [7, 11) is 0. The standard InChI is InChI=1S/C10H18O3/c1-3-12-10-5-4-8(10)6-13-9(10,2)7-11/h8,11H,3-7H2,1-2H3.